The minimum Gasteiger partial charge on any atom is -0.493 e. The van der Waals surface area contributed by atoms with Gasteiger partial charge in [-0.25, -0.2) is 0 Å². The van der Waals surface area contributed by atoms with Crippen LogP contribution in [0.2, 0.25) is 0 Å². The van der Waals surface area contributed by atoms with Crippen LogP contribution in [0.5, 0.6) is 11.5 Å². The number of allylic oxidation sites excluding steroid dienone is 3. The Morgan fingerprint density at radius 1 is 1.36 bits per heavy atom. The van der Waals surface area contributed by atoms with Crippen LogP contribution in [0.15, 0.2) is 41.0 Å². The molecular weight excluding hydrogens is 320 g/mol. The van der Waals surface area contributed by atoms with E-state index in [1.54, 1.807) is 19.2 Å². The van der Waals surface area contributed by atoms with Crippen molar-refractivity contribution in [2.45, 2.75) is 32.1 Å². The second-order valence-electron chi connectivity index (χ2n) is 5.88. The third kappa shape index (κ3) is 2.93. The zero-order chi connectivity index (χ0) is 18.0. The lowest BCUT2D eigenvalue weighted by Crippen LogP contribution is -2.27. The molecule has 1 atom stereocenters. The largest absolute Gasteiger partial charge is 0.493 e. The van der Waals surface area contributed by atoms with Crippen LogP contribution in [0.3, 0.4) is 0 Å². The maximum Gasteiger partial charge on any atom is 0.205 e. The number of methoxy groups -OCH3 is 1. The number of ketones is 1. The molecule has 6 heteroatoms. The summed E-state index contributed by atoms with van der Waals surface area (Å²) in [5.41, 5.74) is 7.50. The molecule has 0 amide bonds. The van der Waals surface area contributed by atoms with Crippen molar-refractivity contribution in [3.05, 3.63) is 46.6 Å². The van der Waals surface area contributed by atoms with Crippen LogP contribution in [0.1, 0.15) is 37.7 Å². The van der Waals surface area contributed by atoms with Crippen molar-refractivity contribution in [2.24, 2.45) is 5.73 Å². The smallest absolute Gasteiger partial charge is 0.205 e. The average molecular weight is 340 g/mol. The molecule has 0 fully saturated rings. The Morgan fingerprint density at radius 2 is 2.16 bits per heavy atom. The van der Waals surface area contributed by atoms with E-state index >= 15 is 0 Å². The molecule has 0 bridgehead atoms. The summed E-state index contributed by atoms with van der Waals surface area (Å²) in [6.07, 6.45) is 1.82. The van der Waals surface area contributed by atoms with Crippen molar-refractivity contribution in [3.8, 4) is 17.6 Å². The van der Waals surface area contributed by atoms with E-state index in [2.05, 4.69) is 6.07 Å². The maximum absolute atomic E-state index is 12.5. The van der Waals surface area contributed by atoms with Gasteiger partial charge >= 0.3 is 0 Å². The Bertz CT molecular complexity index is 817. The van der Waals surface area contributed by atoms with Crippen LogP contribution in [0, 0.1) is 11.3 Å². The minimum absolute atomic E-state index is 0.000257. The van der Waals surface area contributed by atoms with Crippen molar-refractivity contribution in [3.63, 3.8) is 0 Å². The molecule has 2 aliphatic rings. The summed E-state index contributed by atoms with van der Waals surface area (Å²) in [6, 6.07) is 7.51. The Hall–Kier alpha value is -2.94. The first-order chi connectivity index (χ1) is 12.1. The first-order valence-electron chi connectivity index (χ1n) is 8.25. The van der Waals surface area contributed by atoms with E-state index in [1.807, 2.05) is 13.0 Å². The van der Waals surface area contributed by atoms with Crippen LogP contribution in [-0.4, -0.2) is 19.5 Å². The molecule has 3 rings (SSSR count). The van der Waals surface area contributed by atoms with Gasteiger partial charge in [0, 0.05) is 18.4 Å². The number of hydrogen-bond donors (Lipinski definition) is 1. The highest BCUT2D eigenvalue weighted by molar-refractivity contribution is 5.99. The van der Waals surface area contributed by atoms with Gasteiger partial charge in [-0.1, -0.05) is 6.07 Å². The number of Topliss-reactive ketones (excluding diaryl/α,β-unsaturated/α-hetero) is 1. The summed E-state index contributed by atoms with van der Waals surface area (Å²) in [5.74, 6) is 1.26. The van der Waals surface area contributed by atoms with Crippen molar-refractivity contribution in [2.75, 3.05) is 13.7 Å². The predicted octanol–water partition coefficient (Wildman–Crippen LogP) is 2.91. The molecule has 130 valence electrons. The number of nitriles is 1. The molecule has 0 aromatic heterocycles. The molecule has 0 saturated carbocycles. The second-order valence-corrected chi connectivity index (χ2v) is 5.88. The van der Waals surface area contributed by atoms with Crippen LogP contribution in [-0.2, 0) is 9.53 Å². The first-order valence-corrected chi connectivity index (χ1v) is 8.25. The number of ether oxygens (including phenoxy) is 3. The van der Waals surface area contributed by atoms with Crippen LogP contribution in [0.4, 0.5) is 0 Å². The van der Waals surface area contributed by atoms with Crippen molar-refractivity contribution < 1.29 is 19.0 Å². The Balaban J connectivity index is 2.15. The van der Waals surface area contributed by atoms with Gasteiger partial charge in [0.05, 0.1) is 19.6 Å². The number of nitrogens with zero attached hydrogens (tertiary/aromatic N) is 1. The van der Waals surface area contributed by atoms with Gasteiger partial charge in [0.25, 0.3) is 0 Å². The average Bonchev–Trinajstić information content (AvgIpc) is 2.61. The highest BCUT2D eigenvalue weighted by Gasteiger charge is 2.38. The molecular formula is C19H20N2O4. The fourth-order valence-corrected chi connectivity index (χ4v) is 3.33. The third-order valence-corrected chi connectivity index (χ3v) is 4.43. The third-order valence-electron chi connectivity index (χ3n) is 4.43. The van der Waals surface area contributed by atoms with Crippen molar-refractivity contribution in [1.82, 2.24) is 0 Å². The number of carbonyl (C=O) groups is 1. The number of carbonyl (C=O) groups excluding carboxylic acids is 1. The molecule has 1 heterocycles. The summed E-state index contributed by atoms with van der Waals surface area (Å²) in [6.45, 7) is 2.36. The number of benzene rings is 1. The summed E-state index contributed by atoms with van der Waals surface area (Å²) in [4.78, 5) is 12.5. The molecule has 0 radical (unpaired) electrons. The molecule has 6 nitrogen and oxygen atoms in total. The molecule has 0 saturated heterocycles. The molecule has 2 N–H and O–H groups in total. The van der Waals surface area contributed by atoms with Crippen LogP contribution < -0.4 is 15.2 Å². The molecule has 1 aliphatic carbocycles. The van der Waals surface area contributed by atoms with Gasteiger partial charge in [-0.05, 0) is 31.0 Å². The minimum atomic E-state index is -0.535. The summed E-state index contributed by atoms with van der Waals surface area (Å²) in [5, 5.41) is 9.59. The Labute approximate surface area is 146 Å². The van der Waals surface area contributed by atoms with E-state index in [-0.39, 0.29) is 17.2 Å². The summed E-state index contributed by atoms with van der Waals surface area (Å²) in [7, 11) is 1.57. The van der Waals surface area contributed by atoms with E-state index < -0.39 is 5.92 Å². The van der Waals surface area contributed by atoms with Crippen molar-refractivity contribution in [1.29, 1.82) is 5.26 Å². The highest BCUT2D eigenvalue weighted by atomic mass is 16.5. The number of nitrogens with two attached hydrogens (primary N) is 1. The fraction of sp³-hybridized carbons (Fsp3) is 0.368. The maximum atomic E-state index is 12.5. The lowest BCUT2D eigenvalue weighted by molar-refractivity contribution is -0.116. The van der Waals surface area contributed by atoms with E-state index in [1.165, 1.54) is 0 Å². The van der Waals surface area contributed by atoms with Gasteiger partial charge in [-0.3, -0.25) is 4.79 Å². The van der Waals surface area contributed by atoms with E-state index in [0.717, 1.165) is 12.0 Å². The molecule has 0 unspecified atom stereocenters. The predicted molar refractivity (Wildman–Crippen MR) is 90.7 cm³/mol. The topological polar surface area (TPSA) is 94.6 Å². The second kappa shape index (κ2) is 6.89. The normalized spacial score (nSPS) is 19.9. The van der Waals surface area contributed by atoms with Gasteiger partial charge < -0.3 is 19.9 Å². The van der Waals surface area contributed by atoms with E-state index in [9.17, 15) is 10.1 Å². The quantitative estimate of drug-likeness (QED) is 0.905. The monoisotopic (exact) mass is 340 g/mol. The zero-order valence-electron chi connectivity index (χ0n) is 14.3. The van der Waals surface area contributed by atoms with Gasteiger partial charge in [0.15, 0.2) is 17.3 Å². The Kier molecular flexibility index (Phi) is 4.66. The molecule has 0 spiro atoms. The molecule has 1 aromatic carbocycles. The van der Waals surface area contributed by atoms with Gasteiger partial charge in [-0.15, -0.1) is 0 Å². The zero-order valence-corrected chi connectivity index (χ0v) is 14.3. The molecule has 1 aromatic rings. The van der Waals surface area contributed by atoms with Gasteiger partial charge in [0.2, 0.25) is 5.88 Å². The Morgan fingerprint density at radius 3 is 2.84 bits per heavy atom. The van der Waals surface area contributed by atoms with Crippen molar-refractivity contribution >= 4 is 5.78 Å². The summed E-state index contributed by atoms with van der Waals surface area (Å²) < 4.78 is 16.5. The van der Waals surface area contributed by atoms with Gasteiger partial charge in [-0.2, -0.15) is 5.26 Å². The molecule has 1 aliphatic heterocycles. The summed E-state index contributed by atoms with van der Waals surface area (Å²) >= 11 is 0. The lowest BCUT2D eigenvalue weighted by Gasteiger charge is -2.31. The van der Waals surface area contributed by atoms with Crippen LogP contribution in [0.25, 0.3) is 0 Å². The molecule has 25 heavy (non-hydrogen) atoms. The number of hydrogen-bond acceptors (Lipinski definition) is 6. The van der Waals surface area contributed by atoms with Gasteiger partial charge in [0.1, 0.15) is 17.4 Å². The SMILES string of the molecule is CCOc1cc([C@H]2C(C#N)=C(N)OC3=C2C(=O)CCC3)ccc1OC. The highest BCUT2D eigenvalue weighted by Crippen LogP contribution is 2.44. The van der Waals surface area contributed by atoms with E-state index in [4.69, 9.17) is 19.9 Å². The first kappa shape index (κ1) is 16.9. The van der Waals surface area contributed by atoms with E-state index in [0.29, 0.717) is 42.3 Å². The fourth-order valence-electron chi connectivity index (χ4n) is 3.33. The number of rotatable bonds is 4. The van der Waals surface area contributed by atoms with Crippen LogP contribution >= 0.6 is 0 Å². The lowest BCUT2D eigenvalue weighted by atomic mass is 9.77. The standard InChI is InChI=1S/C19H20N2O4/c1-3-24-16-9-11(7-8-14(16)23-2)17-12(10-20)19(21)25-15-6-4-5-13(22)18(15)17/h7-9,17H,3-6,21H2,1-2H3/t17-/m0/s1.